The summed E-state index contributed by atoms with van der Waals surface area (Å²) in [6, 6.07) is 29.6. The van der Waals surface area contributed by atoms with Crippen LogP contribution in [0.5, 0.6) is 11.5 Å². The number of nitrogens with zero attached hydrogens (tertiary/aromatic N) is 4. The van der Waals surface area contributed by atoms with Crippen LogP contribution in [0.2, 0.25) is 18.1 Å². The molecule has 318 valence electrons. The summed E-state index contributed by atoms with van der Waals surface area (Å²) in [5.41, 5.74) is 1.13. The lowest BCUT2D eigenvalue weighted by atomic mass is 9.80. The Morgan fingerprint density at radius 2 is 1.42 bits per heavy atom. The Kier molecular flexibility index (Phi) is 15.7. The van der Waals surface area contributed by atoms with Crippen molar-refractivity contribution in [1.29, 1.82) is 5.26 Å². The second-order valence-corrected chi connectivity index (χ2v) is 22.8. The number of rotatable bonds is 19. The van der Waals surface area contributed by atoms with Crippen LogP contribution in [-0.4, -0.2) is 80.4 Å². The van der Waals surface area contributed by atoms with Crippen molar-refractivity contribution in [2.45, 2.75) is 115 Å². The van der Waals surface area contributed by atoms with Crippen LogP contribution in [0, 0.1) is 11.3 Å². The molecule has 0 bridgehead atoms. The van der Waals surface area contributed by atoms with Gasteiger partial charge in [-0.2, -0.15) is 10.2 Å². The van der Waals surface area contributed by atoms with E-state index in [4.69, 9.17) is 32.4 Å². The highest BCUT2D eigenvalue weighted by Crippen LogP contribution is 2.52. The van der Waals surface area contributed by atoms with Gasteiger partial charge in [-0.3, -0.25) is 4.79 Å². The molecular weight excluding hydrogens is 784 g/mol. The molecule has 14 heteroatoms. The van der Waals surface area contributed by atoms with Crippen molar-refractivity contribution >= 4 is 16.8 Å². The van der Waals surface area contributed by atoms with Gasteiger partial charge in [0.1, 0.15) is 41.7 Å². The minimum absolute atomic E-state index is 0.0455. The van der Waals surface area contributed by atoms with Gasteiger partial charge in [-0.05, 0) is 86.8 Å². The van der Waals surface area contributed by atoms with Gasteiger partial charge < -0.3 is 37.0 Å². The first-order valence-corrected chi connectivity index (χ1v) is 24.2. The average molecular weight is 845 g/mol. The number of hydrogen-bond donors (Lipinski definition) is 0. The van der Waals surface area contributed by atoms with Crippen molar-refractivity contribution in [2.24, 2.45) is 0 Å². The second kappa shape index (κ2) is 20.1. The zero-order valence-electron chi connectivity index (χ0n) is 36.3. The van der Waals surface area contributed by atoms with Crippen LogP contribution in [-0.2, 0) is 28.5 Å². The number of nitriles is 1. The second-order valence-electron chi connectivity index (χ2n) is 16.7. The molecule has 1 aliphatic rings. The lowest BCUT2D eigenvalue weighted by Gasteiger charge is -2.42. The molecule has 59 heavy (non-hydrogen) atoms. The van der Waals surface area contributed by atoms with Gasteiger partial charge in [-0.1, -0.05) is 75.4 Å². The van der Waals surface area contributed by atoms with Crippen molar-refractivity contribution in [3.8, 4) is 17.6 Å². The van der Waals surface area contributed by atoms with Gasteiger partial charge in [0.2, 0.25) is 0 Å². The largest absolute Gasteiger partial charge is 0.497 e. The van der Waals surface area contributed by atoms with E-state index in [-0.39, 0.29) is 42.3 Å². The molecule has 2 heterocycles. The number of methoxy groups -OCH3 is 2. The lowest BCUT2D eigenvalue weighted by molar-refractivity contribution is -0.0936. The number of ether oxygens (including phenoxy) is 4. The predicted octanol–water partition coefficient (Wildman–Crippen LogP) is 9.22. The van der Waals surface area contributed by atoms with E-state index in [9.17, 15) is 10.1 Å². The fourth-order valence-corrected chi connectivity index (χ4v) is 10.1. The molecule has 1 unspecified atom stereocenters. The molecule has 12 nitrogen and oxygen atoms in total. The van der Waals surface area contributed by atoms with Crippen LogP contribution >= 0.6 is 8.53 Å². The molecule has 0 amide bonds. The first-order chi connectivity index (χ1) is 28.1. The monoisotopic (exact) mass is 844 g/mol. The molecular formula is C45H61N4O8PSi. The third kappa shape index (κ3) is 10.7. The van der Waals surface area contributed by atoms with E-state index in [1.807, 2.05) is 66.7 Å². The summed E-state index contributed by atoms with van der Waals surface area (Å²) >= 11 is 0. The molecule has 1 aliphatic heterocycles. The van der Waals surface area contributed by atoms with E-state index < -0.39 is 47.0 Å². The fraction of sp³-hybridized carbons (Fsp3) is 0.489. The average Bonchev–Trinajstić information content (AvgIpc) is 3.53. The number of aromatic nitrogens is 2. The van der Waals surface area contributed by atoms with Gasteiger partial charge in [0.15, 0.2) is 14.5 Å². The molecule has 1 saturated heterocycles. The summed E-state index contributed by atoms with van der Waals surface area (Å²) in [7, 11) is -0.979. The summed E-state index contributed by atoms with van der Waals surface area (Å²) in [5.74, 6) is 1.43. The molecule has 0 saturated carbocycles. The predicted molar refractivity (Wildman–Crippen MR) is 233 cm³/mol. The van der Waals surface area contributed by atoms with E-state index in [0.717, 1.165) is 16.7 Å². The van der Waals surface area contributed by atoms with Crippen molar-refractivity contribution < 1.29 is 32.4 Å². The van der Waals surface area contributed by atoms with Crippen LogP contribution in [0.1, 0.15) is 77.8 Å². The maximum Gasteiger partial charge on any atom is 0.272 e. The molecule has 5 atom stereocenters. The quantitative estimate of drug-likeness (QED) is 0.0388. The molecule has 0 aliphatic carbocycles. The van der Waals surface area contributed by atoms with E-state index in [1.54, 1.807) is 25.0 Å². The van der Waals surface area contributed by atoms with Crippen molar-refractivity contribution in [1.82, 2.24) is 14.2 Å². The van der Waals surface area contributed by atoms with Crippen LogP contribution in [0.3, 0.4) is 0 Å². The SMILES string of the molecule is COc1ccc(C(OC[C@H]2O[C@@H](n3ccc(=O)nc3)[C@H](O[Si](C)(C)C(C)(C)C)[C@@H]2OP(OCCC#N)N(C(C)C)C(C)C)(c2ccccc2)c2ccc(OC)cc2)cc1. The smallest absolute Gasteiger partial charge is 0.272 e. The molecule has 4 aromatic rings. The number of benzene rings is 3. The molecule has 0 N–H and O–H groups in total. The van der Waals surface area contributed by atoms with Crippen molar-refractivity contribution in [2.75, 3.05) is 27.4 Å². The summed E-state index contributed by atoms with van der Waals surface area (Å²) < 4.78 is 50.7. The van der Waals surface area contributed by atoms with E-state index in [2.05, 4.69) is 89.4 Å². The Hall–Kier alpha value is -3.96. The molecule has 0 spiro atoms. The first-order valence-electron chi connectivity index (χ1n) is 20.2. The zero-order valence-corrected chi connectivity index (χ0v) is 38.2. The zero-order chi connectivity index (χ0) is 43.0. The first kappa shape index (κ1) is 46.1. The van der Waals surface area contributed by atoms with Crippen molar-refractivity contribution in [3.63, 3.8) is 0 Å². The topological polar surface area (TPSA) is 127 Å². The molecule has 1 fully saturated rings. The summed E-state index contributed by atoms with van der Waals surface area (Å²) in [5, 5.41) is 9.33. The Morgan fingerprint density at radius 3 is 1.90 bits per heavy atom. The van der Waals surface area contributed by atoms with Gasteiger partial charge in [0, 0.05) is 24.3 Å². The van der Waals surface area contributed by atoms with Gasteiger partial charge in [0.05, 0.1) is 39.9 Å². The Labute approximate surface area is 352 Å². The van der Waals surface area contributed by atoms with Crippen LogP contribution in [0.4, 0.5) is 0 Å². The van der Waals surface area contributed by atoms with E-state index in [0.29, 0.717) is 11.5 Å². The van der Waals surface area contributed by atoms with E-state index in [1.165, 1.54) is 12.4 Å². The molecule has 1 aromatic heterocycles. The summed E-state index contributed by atoms with van der Waals surface area (Å²) in [6.45, 7) is 19.6. The normalized spacial score (nSPS) is 19.3. The highest BCUT2D eigenvalue weighted by molar-refractivity contribution is 7.44. The summed E-state index contributed by atoms with van der Waals surface area (Å²) in [4.78, 5) is 16.4. The van der Waals surface area contributed by atoms with E-state index >= 15 is 0 Å². The van der Waals surface area contributed by atoms with Gasteiger partial charge in [-0.25, -0.2) is 4.67 Å². The Balaban J connectivity index is 1.71. The minimum Gasteiger partial charge on any atom is -0.497 e. The third-order valence-electron chi connectivity index (χ3n) is 11.0. The minimum atomic E-state index is -2.53. The standard InChI is InChI=1S/C45H61N4O8PSi/c1-32(2)49(33(3)4)58(54-29-15-27-46)56-41-39(55-43(48-28-26-40(50)47-31-48)42(41)57-59(10,11)44(5,6)7)30-53-45(34-16-13-12-14-17-34,35-18-22-37(51-8)23-19-35)36-20-24-38(52-9)25-21-36/h12-14,16-26,28,31-33,39,41-43H,15,29-30H2,1-11H3/t39-,41-,42-,43-,58?/m1/s1. The fourth-order valence-electron chi connectivity index (χ4n) is 7.04. The highest BCUT2D eigenvalue weighted by Gasteiger charge is 2.54. The number of hydrogen-bond acceptors (Lipinski definition) is 11. The van der Waals surface area contributed by atoms with Gasteiger partial charge in [0.25, 0.3) is 14.1 Å². The summed E-state index contributed by atoms with van der Waals surface area (Å²) in [6.07, 6.45) is 0.491. The third-order valence-corrected chi connectivity index (χ3v) is 17.6. The van der Waals surface area contributed by atoms with Crippen LogP contribution in [0.15, 0.2) is 102 Å². The molecule has 5 rings (SSSR count). The maximum atomic E-state index is 12.3. The van der Waals surface area contributed by atoms with Crippen LogP contribution < -0.4 is 15.0 Å². The maximum absolute atomic E-state index is 12.3. The van der Waals surface area contributed by atoms with Gasteiger partial charge >= 0.3 is 0 Å². The van der Waals surface area contributed by atoms with Crippen LogP contribution in [0.25, 0.3) is 0 Å². The lowest BCUT2D eigenvalue weighted by Crippen LogP contribution is -2.50. The highest BCUT2D eigenvalue weighted by atomic mass is 31.2. The molecule has 3 aromatic carbocycles. The van der Waals surface area contributed by atoms with Crippen molar-refractivity contribution in [3.05, 3.63) is 124 Å². The molecule has 0 radical (unpaired) electrons. The van der Waals surface area contributed by atoms with Gasteiger partial charge in [-0.15, -0.1) is 0 Å². The Bertz CT molecular complexity index is 1940. The Morgan fingerprint density at radius 1 is 0.864 bits per heavy atom.